The molecule has 2 aliphatic carbocycles. The highest BCUT2D eigenvalue weighted by atomic mass is 35.5. The molecule has 168 valence electrons. The summed E-state index contributed by atoms with van der Waals surface area (Å²) >= 11 is 6.40. The van der Waals surface area contributed by atoms with E-state index in [1.165, 1.54) is 12.8 Å². The summed E-state index contributed by atoms with van der Waals surface area (Å²) in [5.41, 5.74) is 1.32. The van der Waals surface area contributed by atoms with Crippen molar-refractivity contribution in [3.05, 3.63) is 23.5 Å². The molecule has 0 radical (unpaired) electrons. The van der Waals surface area contributed by atoms with Crippen molar-refractivity contribution in [1.29, 1.82) is 0 Å². The second-order valence-electron chi connectivity index (χ2n) is 8.70. The summed E-state index contributed by atoms with van der Waals surface area (Å²) in [5, 5.41) is 10.9. The van der Waals surface area contributed by atoms with Gasteiger partial charge in [0.05, 0.1) is 23.5 Å². The minimum Gasteiger partial charge on any atom is -0.383 e. The lowest BCUT2D eigenvalue weighted by Gasteiger charge is -2.31. The number of anilines is 2. The third-order valence-corrected chi connectivity index (χ3v) is 6.16. The Morgan fingerprint density at radius 3 is 2.58 bits per heavy atom. The molecule has 0 amide bonds. The molecule has 2 saturated carbocycles. The Kier molecular flexibility index (Phi) is 7.53. The first-order chi connectivity index (χ1) is 15.1. The number of hydrogen-bond donors (Lipinski definition) is 3. The van der Waals surface area contributed by atoms with E-state index in [-0.39, 0.29) is 0 Å². The van der Waals surface area contributed by atoms with Gasteiger partial charge < -0.3 is 20.7 Å². The van der Waals surface area contributed by atoms with E-state index in [2.05, 4.69) is 42.8 Å². The van der Waals surface area contributed by atoms with Crippen molar-refractivity contribution in [2.45, 2.75) is 63.6 Å². The zero-order valence-electron chi connectivity index (χ0n) is 18.3. The first-order valence-corrected chi connectivity index (χ1v) is 11.6. The van der Waals surface area contributed by atoms with Crippen LogP contribution < -0.4 is 16.0 Å². The maximum Gasteiger partial charge on any atom is 0.223 e. The van der Waals surface area contributed by atoms with Crippen molar-refractivity contribution in [3.63, 3.8) is 0 Å². The second-order valence-corrected chi connectivity index (χ2v) is 9.10. The van der Waals surface area contributed by atoms with Gasteiger partial charge in [-0.2, -0.15) is 0 Å². The Balaban J connectivity index is 1.35. The van der Waals surface area contributed by atoms with Gasteiger partial charge in [-0.25, -0.2) is 19.9 Å². The highest BCUT2D eigenvalue weighted by molar-refractivity contribution is 6.32. The molecule has 8 nitrogen and oxygen atoms in total. The minimum absolute atomic E-state index is 0.353. The SMILES string of the molecule is COC[C@@H](C)NC1CCC(Nc2ncc(Cl)c(-c3ccnc(NCC4CC4)n3)n2)CC1. The third-order valence-electron chi connectivity index (χ3n) is 5.89. The molecule has 2 aromatic heterocycles. The van der Waals surface area contributed by atoms with E-state index in [1.54, 1.807) is 19.5 Å². The van der Waals surface area contributed by atoms with E-state index in [4.69, 9.17) is 16.3 Å². The standard InChI is InChI=1S/C22H32ClN7O/c1-14(13-31-2)27-16-5-7-17(8-6-16)28-22-26-12-18(23)20(30-22)19-9-10-24-21(29-19)25-11-15-3-4-15/h9-10,12,14-17,27H,3-8,11,13H2,1-2H3,(H,24,25,29)(H,26,28,30)/t14-,16?,17?/m1/s1. The molecule has 2 heterocycles. The van der Waals surface area contributed by atoms with Crippen molar-refractivity contribution >= 4 is 23.5 Å². The zero-order chi connectivity index (χ0) is 21.6. The summed E-state index contributed by atoms with van der Waals surface area (Å²) in [6, 6.07) is 3.09. The fraction of sp³-hybridized carbons (Fsp3) is 0.636. The van der Waals surface area contributed by atoms with Gasteiger partial charge >= 0.3 is 0 Å². The quantitative estimate of drug-likeness (QED) is 0.508. The summed E-state index contributed by atoms with van der Waals surface area (Å²) in [6.45, 7) is 3.81. The van der Waals surface area contributed by atoms with Crippen molar-refractivity contribution in [2.24, 2.45) is 5.92 Å². The van der Waals surface area contributed by atoms with Gasteiger partial charge in [0.1, 0.15) is 5.69 Å². The van der Waals surface area contributed by atoms with E-state index in [0.717, 1.165) is 44.8 Å². The zero-order valence-corrected chi connectivity index (χ0v) is 19.0. The van der Waals surface area contributed by atoms with Crippen LogP contribution in [0.4, 0.5) is 11.9 Å². The smallest absolute Gasteiger partial charge is 0.223 e. The summed E-state index contributed by atoms with van der Waals surface area (Å²) in [5.74, 6) is 1.95. The highest BCUT2D eigenvalue weighted by Gasteiger charge is 2.23. The first kappa shape index (κ1) is 22.2. The van der Waals surface area contributed by atoms with Crippen molar-refractivity contribution < 1.29 is 4.74 Å². The van der Waals surface area contributed by atoms with Crippen molar-refractivity contribution in [3.8, 4) is 11.4 Å². The molecular weight excluding hydrogens is 414 g/mol. The van der Waals surface area contributed by atoms with Crippen LogP contribution in [0.1, 0.15) is 45.4 Å². The van der Waals surface area contributed by atoms with Crippen molar-refractivity contribution in [1.82, 2.24) is 25.3 Å². The number of rotatable bonds is 10. The number of aromatic nitrogens is 4. The van der Waals surface area contributed by atoms with Gasteiger partial charge in [-0.3, -0.25) is 0 Å². The molecule has 2 aliphatic rings. The molecule has 0 aromatic carbocycles. The Morgan fingerprint density at radius 1 is 1.06 bits per heavy atom. The number of nitrogens with one attached hydrogen (secondary N) is 3. The minimum atomic E-state index is 0.353. The number of halogens is 1. The molecule has 4 rings (SSSR count). The summed E-state index contributed by atoms with van der Waals surface area (Å²) < 4.78 is 5.22. The first-order valence-electron chi connectivity index (χ1n) is 11.2. The molecule has 0 unspecified atom stereocenters. The van der Waals surface area contributed by atoms with Gasteiger partial charge in [0, 0.05) is 38.0 Å². The van der Waals surface area contributed by atoms with E-state index >= 15 is 0 Å². The summed E-state index contributed by atoms with van der Waals surface area (Å²) in [7, 11) is 1.74. The van der Waals surface area contributed by atoms with Crippen LogP contribution in [0, 0.1) is 5.92 Å². The number of ether oxygens (including phenoxy) is 1. The van der Waals surface area contributed by atoms with Crippen LogP contribution in [0.2, 0.25) is 5.02 Å². The van der Waals surface area contributed by atoms with E-state index < -0.39 is 0 Å². The van der Waals surface area contributed by atoms with Gasteiger partial charge in [0.25, 0.3) is 0 Å². The van der Waals surface area contributed by atoms with Crippen LogP contribution in [-0.4, -0.2) is 58.3 Å². The Morgan fingerprint density at radius 2 is 1.84 bits per heavy atom. The van der Waals surface area contributed by atoms with Gasteiger partial charge in [-0.15, -0.1) is 0 Å². The Bertz CT molecular complexity index is 856. The van der Waals surface area contributed by atoms with Crippen LogP contribution in [-0.2, 0) is 4.74 Å². The van der Waals surface area contributed by atoms with Crippen LogP contribution in [0.25, 0.3) is 11.4 Å². The van der Waals surface area contributed by atoms with Crippen LogP contribution in [0.15, 0.2) is 18.5 Å². The molecular formula is C22H32ClN7O. The molecule has 0 bridgehead atoms. The lowest BCUT2D eigenvalue weighted by Crippen LogP contribution is -2.43. The van der Waals surface area contributed by atoms with Crippen LogP contribution in [0.5, 0.6) is 0 Å². The number of nitrogens with zero attached hydrogens (tertiary/aromatic N) is 4. The summed E-state index contributed by atoms with van der Waals surface area (Å²) in [4.78, 5) is 18.0. The lowest BCUT2D eigenvalue weighted by atomic mass is 9.91. The molecule has 0 saturated heterocycles. The Labute approximate surface area is 189 Å². The molecule has 3 N–H and O–H groups in total. The average molecular weight is 446 g/mol. The highest BCUT2D eigenvalue weighted by Crippen LogP contribution is 2.29. The fourth-order valence-electron chi connectivity index (χ4n) is 4.04. The molecule has 2 fully saturated rings. The monoisotopic (exact) mass is 445 g/mol. The summed E-state index contributed by atoms with van der Waals surface area (Å²) in [6.07, 6.45) is 10.3. The predicted molar refractivity (Wildman–Crippen MR) is 123 cm³/mol. The van der Waals surface area contributed by atoms with Gasteiger partial charge in [0.15, 0.2) is 0 Å². The maximum absolute atomic E-state index is 6.40. The lowest BCUT2D eigenvalue weighted by molar-refractivity contribution is 0.161. The van der Waals surface area contributed by atoms with Crippen molar-refractivity contribution in [2.75, 3.05) is 30.9 Å². The molecule has 1 atom stereocenters. The third kappa shape index (κ3) is 6.48. The second kappa shape index (κ2) is 10.5. The topological polar surface area (TPSA) is 96.9 Å². The average Bonchev–Trinajstić information content (AvgIpc) is 3.60. The maximum atomic E-state index is 6.40. The van der Waals surface area contributed by atoms with Gasteiger partial charge in [-0.1, -0.05) is 11.6 Å². The predicted octanol–water partition coefficient (Wildman–Crippen LogP) is 3.76. The largest absolute Gasteiger partial charge is 0.383 e. The molecule has 9 heteroatoms. The number of methoxy groups -OCH3 is 1. The normalized spacial score (nSPS) is 22.2. The van der Waals surface area contributed by atoms with Gasteiger partial charge in [-0.05, 0) is 57.4 Å². The van der Waals surface area contributed by atoms with E-state index in [1.807, 2.05) is 6.07 Å². The van der Waals surface area contributed by atoms with E-state index in [0.29, 0.717) is 46.4 Å². The van der Waals surface area contributed by atoms with Gasteiger partial charge in [0.2, 0.25) is 11.9 Å². The van der Waals surface area contributed by atoms with E-state index in [9.17, 15) is 0 Å². The van der Waals surface area contributed by atoms with Crippen LogP contribution in [0.3, 0.4) is 0 Å². The molecule has 31 heavy (non-hydrogen) atoms. The molecule has 0 spiro atoms. The number of hydrogen-bond acceptors (Lipinski definition) is 8. The molecule has 0 aliphatic heterocycles. The molecule has 2 aromatic rings. The fourth-order valence-corrected chi connectivity index (χ4v) is 4.22. The van der Waals surface area contributed by atoms with Crippen LogP contribution >= 0.6 is 11.6 Å². The Hall–Kier alpha value is -2.03.